The van der Waals surface area contributed by atoms with Gasteiger partial charge in [0.2, 0.25) is 5.91 Å². The van der Waals surface area contributed by atoms with Gasteiger partial charge in [0, 0.05) is 18.5 Å². The lowest BCUT2D eigenvalue weighted by atomic mass is 10.0. The summed E-state index contributed by atoms with van der Waals surface area (Å²) >= 11 is 0. The molecule has 0 radical (unpaired) electrons. The van der Waals surface area contributed by atoms with Gasteiger partial charge in [-0.3, -0.25) is 14.4 Å². The van der Waals surface area contributed by atoms with Crippen LogP contribution in [0.25, 0.3) is 22.3 Å². The van der Waals surface area contributed by atoms with Crippen LogP contribution in [0.5, 0.6) is 0 Å². The van der Waals surface area contributed by atoms with Crippen LogP contribution in [0.4, 0.5) is 0 Å². The second-order valence-electron chi connectivity index (χ2n) is 9.01. The maximum Gasteiger partial charge on any atom is 0.303 e. The molecule has 0 aliphatic rings. The molecule has 38 heavy (non-hydrogen) atoms. The molecule has 4 aromatic rings. The van der Waals surface area contributed by atoms with Crippen molar-refractivity contribution in [1.82, 2.24) is 10.6 Å². The van der Waals surface area contributed by atoms with Crippen LogP contribution >= 0.6 is 0 Å². The molecule has 0 fully saturated rings. The molecule has 2 amide bonds. The maximum atomic E-state index is 12.9. The number of carbonyl (C=O) groups excluding carboxylic acids is 2. The van der Waals surface area contributed by atoms with Gasteiger partial charge in [0.25, 0.3) is 5.91 Å². The predicted octanol–water partition coefficient (Wildman–Crippen LogP) is 5.34. The molecule has 192 valence electrons. The van der Waals surface area contributed by atoms with Gasteiger partial charge in [0.15, 0.2) is 0 Å². The average molecular weight is 507 g/mol. The van der Waals surface area contributed by atoms with Crippen molar-refractivity contribution < 1.29 is 19.5 Å². The molecule has 1 atom stereocenters. The van der Waals surface area contributed by atoms with Crippen molar-refractivity contribution in [1.29, 1.82) is 0 Å². The molecule has 0 unspecified atom stereocenters. The standard InChI is InChI=1S/C32H30N2O4/c35-30(36)20-19-29(34-31(37)28-17-15-27(16-18-28)25-9-5-2-6-10-25)32(38)33-22-21-23-11-13-26(14-12-23)24-7-3-1-4-8-24/h1-18,29H,19-22H2,(H,33,38)(H,34,37)(H,35,36)/t29-/m0/s1. The van der Waals surface area contributed by atoms with Crippen molar-refractivity contribution in [2.24, 2.45) is 0 Å². The number of nitrogens with one attached hydrogen (secondary N) is 2. The summed E-state index contributed by atoms with van der Waals surface area (Å²) in [7, 11) is 0. The van der Waals surface area contributed by atoms with E-state index in [1.165, 1.54) is 0 Å². The van der Waals surface area contributed by atoms with Gasteiger partial charge in [-0.1, -0.05) is 97.1 Å². The lowest BCUT2D eigenvalue weighted by Crippen LogP contribution is -2.47. The van der Waals surface area contributed by atoms with Gasteiger partial charge in [-0.25, -0.2) is 0 Å². The quantitative estimate of drug-likeness (QED) is 0.256. The van der Waals surface area contributed by atoms with Crippen molar-refractivity contribution in [3.8, 4) is 22.3 Å². The molecular formula is C32H30N2O4. The van der Waals surface area contributed by atoms with E-state index in [4.69, 9.17) is 5.11 Å². The summed E-state index contributed by atoms with van der Waals surface area (Å²) in [5.74, 6) is -1.85. The zero-order valence-corrected chi connectivity index (χ0v) is 21.0. The number of amides is 2. The number of rotatable bonds is 11. The highest BCUT2D eigenvalue weighted by Crippen LogP contribution is 2.20. The van der Waals surface area contributed by atoms with E-state index in [9.17, 15) is 14.4 Å². The van der Waals surface area contributed by atoms with Crippen molar-refractivity contribution in [3.05, 3.63) is 120 Å². The average Bonchev–Trinajstić information content (AvgIpc) is 2.96. The van der Waals surface area contributed by atoms with Gasteiger partial charge in [-0.15, -0.1) is 0 Å². The molecule has 0 saturated carbocycles. The Labute approximate surface area is 222 Å². The van der Waals surface area contributed by atoms with E-state index in [0.717, 1.165) is 27.8 Å². The van der Waals surface area contributed by atoms with E-state index in [0.29, 0.717) is 18.5 Å². The highest BCUT2D eigenvalue weighted by atomic mass is 16.4. The Morgan fingerprint density at radius 1 is 0.658 bits per heavy atom. The number of hydrogen-bond donors (Lipinski definition) is 3. The number of carboxylic acid groups (broad SMARTS) is 1. The SMILES string of the molecule is O=C(O)CC[C@H](NC(=O)c1ccc(-c2ccccc2)cc1)C(=O)NCCc1ccc(-c2ccccc2)cc1. The summed E-state index contributed by atoms with van der Waals surface area (Å²) in [4.78, 5) is 36.9. The molecule has 0 spiro atoms. The zero-order chi connectivity index (χ0) is 26.7. The number of benzene rings is 4. The first-order valence-electron chi connectivity index (χ1n) is 12.6. The minimum Gasteiger partial charge on any atom is -0.481 e. The number of aliphatic carboxylic acids is 1. The highest BCUT2D eigenvalue weighted by Gasteiger charge is 2.22. The number of carbonyl (C=O) groups is 3. The molecule has 4 aromatic carbocycles. The summed E-state index contributed by atoms with van der Waals surface area (Å²) in [5, 5.41) is 14.7. The first-order chi connectivity index (χ1) is 18.5. The van der Waals surface area contributed by atoms with Crippen molar-refractivity contribution in [2.75, 3.05) is 6.54 Å². The monoisotopic (exact) mass is 506 g/mol. The first-order valence-corrected chi connectivity index (χ1v) is 12.6. The smallest absolute Gasteiger partial charge is 0.303 e. The fourth-order valence-corrected chi connectivity index (χ4v) is 4.17. The van der Waals surface area contributed by atoms with Crippen LogP contribution in [-0.2, 0) is 16.0 Å². The third kappa shape index (κ3) is 7.40. The normalized spacial score (nSPS) is 11.4. The van der Waals surface area contributed by atoms with Gasteiger partial charge < -0.3 is 15.7 Å². The number of carboxylic acids is 1. The van der Waals surface area contributed by atoms with Crippen LogP contribution in [0.15, 0.2) is 109 Å². The minimum atomic E-state index is -1.03. The lowest BCUT2D eigenvalue weighted by molar-refractivity contribution is -0.137. The zero-order valence-electron chi connectivity index (χ0n) is 21.0. The molecule has 0 aromatic heterocycles. The Morgan fingerprint density at radius 2 is 1.16 bits per heavy atom. The first kappa shape index (κ1) is 26.4. The Hall–Kier alpha value is -4.71. The summed E-state index contributed by atoms with van der Waals surface area (Å²) in [6.45, 7) is 0.370. The fraction of sp³-hybridized carbons (Fsp3) is 0.156. The Bertz CT molecular complexity index is 1350. The second-order valence-corrected chi connectivity index (χ2v) is 9.01. The van der Waals surface area contributed by atoms with E-state index in [1.54, 1.807) is 12.1 Å². The van der Waals surface area contributed by atoms with Crippen molar-refractivity contribution in [3.63, 3.8) is 0 Å². The van der Waals surface area contributed by atoms with Crippen LogP contribution in [0.3, 0.4) is 0 Å². The highest BCUT2D eigenvalue weighted by molar-refractivity contribution is 5.98. The maximum absolute atomic E-state index is 12.9. The van der Waals surface area contributed by atoms with Crippen LogP contribution in [0.2, 0.25) is 0 Å². The Morgan fingerprint density at radius 3 is 1.68 bits per heavy atom. The van der Waals surface area contributed by atoms with Gasteiger partial charge in [-0.05, 0) is 52.8 Å². The Kier molecular flexibility index (Phi) is 9.03. The minimum absolute atomic E-state index is 0.000772. The largest absolute Gasteiger partial charge is 0.481 e. The molecule has 6 heteroatoms. The van der Waals surface area contributed by atoms with Crippen LogP contribution in [0, 0.1) is 0 Å². The van der Waals surface area contributed by atoms with Gasteiger partial charge >= 0.3 is 5.97 Å². The molecule has 0 saturated heterocycles. The summed E-state index contributed by atoms with van der Waals surface area (Å²) < 4.78 is 0. The van der Waals surface area contributed by atoms with E-state index < -0.39 is 23.8 Å². The third-order valence-electron chi connectivity index (χ3n) is 6.30. The molecule has 0 bridgehead atoms. The predicted molar refractivity (Wildman–Crippen MR) is 149 cm³/mol. The van der Waals surface area contributed by atoms with Crippen LogP contribution in [-0.4, -0.2) is 35.5 Å². The van der Waals surface area contributed by atoms with Crippen molar-refractivity contribution >= 4 is 17.8 Å². The fourth-order valence-electron chi connectivity index (χ4n) is 4.17. The van der Waals surface area contributed by atoms with E-state index in [1.807, 2.05) is 84.9 Å². The van der Waals surface area contributed by atoms with E-state index in [-0.39, 0.29) is 12.8 Å². The molecule has 3 N–H and O–H groups in total. The summed E-state index contributed by atoms with van der Waals surface area (Å²) in [6, 6.07) is 34.2. The molecule has 0 aliphatic carbocycles. The van der Waals surface area contributed by atoms with E-state index >= 15 is 0 Å². The summed E-state index contributed by atoms with van der Waals surface area (Å²) in [6.07, 6.45) is 0.383. The van der Waals surface area contributed by atoms with Crippen LogP contribution < -0.4 is 10.6 Å². The Balaban J connectivity index is 1.33. The van der Waals surface area contributed by atoms with Crippen LogP contribution in [0.1, 0.15) is 28.8 Å². The van der Waals surface area contributed by atoms with Gasteiger partial charge in [0.1, 0.15) is 6.04 Å². The molecular weight excluding hydrogens is 476 g/mol. The summed E-state index contributed by atoms with van der Waals surface area (Å²) in [5.41, 5.74) is 5.73. The van der Waals surface area contributed by atoms with Crippen molar-refractivity contribution in [2.45, 2.75) is 25.3 Å². The topological polar surface area (TPSA) is 95.5 Å². The van der Waals surface area contributed by atoms with Gasteiger partial charge in [0.05, 0.1) is 0 Å². The lowest BCUT2D eigenvalue weighted by Gasteiger charge is -2.18. The molecule has 0 aliphatic heterocycles. The molecule has 4 rings (SSSR count). The third-order valence-corrected chi connectivity index (χ3v) is 6.30. The second kappa shape index (κ2) is 13.0. The van der Waals surface area contributed by atoms with E-state index in [2.05, 4.69) is 22.8 Å². The molecule has 0 heterocycles. The van der Waals surface area contributed by atoms with Gasteiger partial charge in [-0.2, -0.15) is 0 Å². The number of hydrogen-bond acceptors (Lipinski definition) is 3. The molecule has 6 nitrogen and oxygen atoms in total.